The van der Waals surface area contributed by atoms with Gasteiger partial charge in [0.2, 0.25) is 17.8 Å². The molecule has 2 N–H and O–H groups in total. The number of rotatable bonds is 9. The lowest BCUT2D eigenvalue weighted by atomic mass is 10.2. The van der Waals surface area contributed by atoms with Crippen LogP contribution >= 0.6 is 11.6 Å². The molecule has 0 bridgehead atoms. The molecule has 3 aromatic rings. The zero-order chi connectivity index (χ0) is 23.1. The molecular weight excluding hydrogens is 432 g/mol. The molecule has 0 aliphatic rings. The number of hydrogen-bond acceptors (Lipinski definition) is 9. The third-order valence-electron chi connectivity index (χ3n) is 4.58. The molecule has 0 spiro atoms. The van der Waals surface area contributed by atoms with Gasteiger partial charge in [-0.25, -0.2) is 5.43 Å². The molecule has 0 radical (unpaired) electrons. The van der Waals surface area contributed by atoms with Crippen LogP contribution < -0.4 is 15.6 Å². The Kier molecular flexibility index (Phi) is 7.50. The molecule has 1 aromatic heterocycles. The second-order valence-electron chi connectivity index (χ2n) is 6.76. The van der Waals surface area contributed by atoms with Crippen LogP contribution in [0.3, 0.4) is 0 Å². The van der Waals surface area contributed by atoms with E-state index in [1.165, 1.54) is 18.3 Å². The molecule has 0 saturated heterocycles. The number of aryl methyl sites for hydroxylation is 1. The van der Waals surface area contributed by atoms with Crippen molar-refractivity contribution >= 4 is 47.0 Å². The van der Waals surface area contributed by atoms with E-state index in [-0.39, 0.29) is 11.6 Å². The number of hydrazone groups is 1. The Bertz CT molecular complexity index is 1120. The predicted molar refractivity (Wildman–Crippen MR) is 127 cm³/mol. The number of aromatic nitrogens is 3. The minimum atomic E-state index is -0.450. The lowest BCUT2D eigenvalue weighted by Crippen LogP contribution is -2.25. The van der Waals surface area contributed by atoms with Crippen LogP contribution in [0.1, 0.15) is 25.0 Å². The summed E-state index contributed by atoms with van der Waals surface area (Å²) in [6.45, 7) is 7.40. The van der Waals surface area contributed by atoms with Crippen molar-refractivity contribution in [2.45, 2.75) is 20.8 Å². The summed E-state index contributed by atoms with van der Waals surface area (Å²) in [5.74, 6) is 1.09. The summed E-state index contributed by atoms with van der Waals surface area (Å²) < 4.78 is 0. The third-order valence-corrected chi connectivity index (χ3v) is 4.99. The van der Waals surface area contributed by atoms with Crippen molar-refractivity contribution in [1.29, 1.82) is 0 Å². The molecule has 10 nitrogen and oxygen atoms in total. The first-order chi connectivity index (χ1) is 15.4. The van der Waals surface area contributed by atoms with Crippen molar-refractivity contribution in [2.24, 2.45) is 5.10 Å². The normalized spacial score (nSPS) is 10.9. The highest BCUT2D eigenvalue weighted by Gasteiger charge is 2.12. The van der Waals surface area contributed by atoms with Gasteiger partial charge in [0.25, 0.3) is 5.69 Å². The van der Waals surface area contributed by atoms with E-state index in [0.29, 0.717) is 22.5 Å². The minimum absolute atomic E-state index is 0.0170. The molecule has 166 valence electrons. The Morgan fingerprint density at radius 1 is 1.09 bits per heavy atom. The number of nitro benzene ring substituents is 1. The van der Waals surface area contributed by atoms with Crippen LogP contribution in [0.15, 0.2) is 47.6 Å². The Labute approximate surface area is 190 Å². The number of benzene rings is 2. The average Bonchev–Trinajstić information content (AvgIpc) is 2.77. The van der Waals surface area contributed by atoms with Gasteiger partial charge in [-0.2, -0.15) is 20.1 Å². The fraction of sp³-hybridized carbons (Fsp3) is 0.238. The van der Waals surface area contributed by atoms with Crippen LogP contribution in [0, 0.1) is 17.0 Å². The van der Waals surface area contributed by atoms with E-state index in [4.69, 9.17) is 11.6 Å². The Morgan fingerprint density at radius 3 is 2.41 bits per heavy atom. The van der Waals surface area contributed by atoms with Gasteiger partial charge in [0.05, 0.1) is 11.1 Å². The Balaban J connectivity index is 1.83. The van der Waals surface area contributed by atoms with E-state index in [9.17, 15) is 10.1 Å². The fourth-order valence-electron chi connectivity index (χ4n) is 2.76. The molecule has 0 aliphatic carbocycles. The monoisotopic (exact) mass is 454 g/mol. The van der Waals surface area contributed by atoms with Gasteiger partial charge in [0, 0.05) is 35.9 Å². The number of halogens is 1. The van der Waals surface area contributed by atoms with E-state index in [1.54, 1.807) is 18.2 Å². The zero-order valence-corrected chi connectivity index (χ0v) is 18.7. The van der Waals surface area contributed by atoms with Gasteiger partial charge >= 0.3 is 0 Å². The third kappa shape index (κ3) is 5.88. The standard InChI is InChI=1S/C21H23ClN8O2/c1-4-29(5-2)21-26-19(24-16-9-6-14(3)18(22)12-16)25-20(27-21)28-23-13-15-7-10-17(11-8-15)30(31)32/h6-13H,4-5H2,1-3H3,(H2,24,25,26,27,28)/b23-13+. The molecule has 32 heavy (non-hydrogen) atoms. The van der Waals surface area contributed by atoms with Crippen LogP contribution in [-0.2, 0) is 0 Å². The van der Waals surface area contributed by atoms with Gasteiger partial charge in [0.15, 0.2) is 0 Å². The SMILES string of the molecule is CCN(CC)c1nc(N/N=C/c2ccc([N+](=O)[O-])cc2)nc(Nc2ccc(C)c(Cl)c2)n1. The number of non-ortho nitro benzene ring substituents is 1. The van der Waals surface area contributed by atoms with Crippen LogP contribution in [0.5, 0.6) is 0 Å². The summed E-state index contributed by atoms with van der Waals surface area (Å²) in [6, 6.07) is 11.6. The van der Waals surface area contributed by atoms with Crippen LogP contribution in [0.25, 0.3) is 0 Å². The topological polar surface area (TPSA) is 121 Å². The molecule has 0 aliphatic heterocycles. The molecule has 0 atom stereocenters. The van der Waals surface area contributed by atoms with Gasteiger partial charge in [-0.3, -0.25) is 10.1 Å². The maximum atomic E-state index is 10.8. The lowest BCUT2D eigenvalue weighted by Gasteiger charge is -2.19. The van der Waals surface area contributed by atoms with Gasteiger partial charge in [-0.05, 0) is 56.2 Å². The molecule has 11 heteroatoms. The number of nitrogens with zero attached hydrogens (tertiary/aromatic N) is 6. The second-order valence-corrected chi connectivity index (χ2v) is 7.17. The van der Waals surface area contributed by atoms with Gasteiger partial charge in [-0.1, -0.05) is 17.7 Å². The summed E-state index contributed by atoms with van der Waals surface area (Å²) in [6.07, 6.45) is 1.53. The number of hydrogen-bond donors (Lipinski definition) is 2. The highest BCUT2D eigenvalue weighted by atomic mass is 35.5. The van der Waals surface area contributed by atoms with Crippen molar-refractivity contribution in [3.8, 4) is 0 Å². The van der Waals surface area contributed by atoms with Crippen LogP contribution in [-0.4, -0.2) is 39.2 Å². The second kappa shape index (κ2) is 10.5. The molecular formula is C21H23ClN8O2. The van der Waals surface area contributed by atoms with Crippen molar-refractivity contribution < 1.29 is 4.92 Å². The van der Waals surface area contributed by atoms with E-state index >= 15 is 0 Å². The first kappa shape index (κ1) is 22.9. The average molecular weight is 455 g/mol. The zero-order valence-electron chi connectivity index (χ0n) is 17.9. The summed E-state index contributed by atoms with van der Waals surface area (Å²) in [5, 5.41) is 18.7. The predicted octanol–water partition coefficient (Wildman–Crippen LogP) is 4.78. The molecule has 0 saturated carbocycles. The van der Waals surface area contributed by atoms with Crippen molar-refractivity contribution in [3.63, 3.8) is 0 Å². The van der Waals surface area contributed by atoms with Crippen LogP contribution in [0.4, 0.5) is 29.2 Å². The molecule has 0 unspecified atom stereocenters. The van der Waals surface area contributed by atoms with E-state index in [0.717, 1.165) is 24.3 Å². The summed E-state index contributed by atoms with van der Waals surface area (Å²) in [4.78, 5) is 25.6. The molecule has 0 fully saturated rings. The van der Waals surface area contributed by atoms with Gasteiger partial charge in [-0.15, -0.1) is 0 Å². The highest BCUT2D eigenvalue weighted by molar-refractivity contribution is 6.31. The quantitative estimate of drug-likeness (QED) is 0.269. The summed E-state index contributed by atoms with van der Waals surface area (Å²) in [5.41, 5.74) is 5.23. The maximum absolute atomic E-state index is 10.8. The first-order valence-electron chi connectivity index (χ1n) is 9.97. The molecule has 3 rings (SSSR count). The Morgan fingerprint density at radius 2 is 1.78 bits per heavy atom. The van der Waals surface area contributed by atoms with E-state index in [2.05, 4.69) is 30.8 Å². The van der Waals surface area contributed by atoms with Crippen molar-refractivity contribution in [1.82, 2.24) is 15.0 Å². The fourth-order valence-corrected chi connectivity index (χ4v) is 2.95. The van der Waals surface area contributed by atoms with E-state index < -0.39 is 4.92 Å². The largest absolute Gasteiger partial charge is 0.341 e. The van der Waals surface area contributed by atoms with Crippen molar-refractivity contribution in [3.05, 3.63) is 68.7 Å². The smallest absolute Gasteiger partial charge is 0.269 e. The van der Waals surface area contributed by atoms with Gasteiger partial charge < -0.3 is 10.2 Å². The molecule has 0 amide bonds. The minimum Gasteiger partial charge on any atom is -0.341 e. The number of nitro groups is 1. The Hall–Kier alpha value is -3.79. The number of nitrogens with one attached hydrogen (secondary N) is 2. The molecule has 2 aromatic carbocycles. The molecule has 1 heterocycles. The van der Waals surface area contributed by atoms with E-state index in [1.807, 2.05) is 37.8 Å². The van der Waals surface area contributed by atoms with Crippen LogP contribution in [0.2, 0.25) is 5.02 Å². The van der Waals surface area contributed by atoms with Crippen molar-refractivity contribution in [2.75, 3.05) is 28.7 Å². The van der Waals surface area contributed by atoms with Gasteiger partial charge in [0.1, 0.15) is 0 Å². The first-order valence-corrected chi connectivity index (χ1v) is 10.3. The maximum Gasteiger partial charge on any atom is 0.269 e. The lowest BCUT2D eigenvalue weighted by molar-refractivity contribution is -0.384. The summed E-state index contributed by atoms with van der Waals surface area (Å²) in [7, 11) is 0. The number of anilines is 4. The summed E-state index contributed by atoms with van der Waals surface area (Å²) >= 11 is 6.22. The highest BCUT2D eigenvalue weighted by Crippen LogP contribution is 2.23.